The SMILES string of the molecule is C=C/C=C(\C=C)CCCN(CCCN)C(=O)CN(C)c1ccc2cc(C(C)=O)ccc2c1. The number of rotatable bonds is 13. The third-order valence-corrected chi connectivity index (χ3v) is 5.52. The number of amides is 1. The molecule has 0 aromatic heterocycles. The molecule has 0 aliphatic heterocycles. The molecule has 0 saturated heterocycles. The van der Waals surface area contributed by atoms with Crippen LogP contribution in [0.1, 0.15) is 36.5 Å². The molecule has 2 N–H and O–H groups in total. The Labute approximate surface area is 191 Å². The first-order valence-corrected chi connectivity index (χ1v) is 11.1. The molecule has 5 nitrogen and oxygen atoms in total. The number of fused-ring (bicyclic) bond motifs is 1. The normalized spacial score (nSPS) is 11.3. The minimum Gasteiger partial charge on any atom is -0.365 e. The number of carbonyl (C=O) groups is 2. The average Bonchev–Trinajstić information content (AvgIpc) is 2.79. The van der Waals surface area contributed by atoms with Crippen molar-refractivity contribution in [3.8, 4) is 0 Å². The number of ketones is 1. The molecule has 170 valence electrons. The fourth-order valence-corrected chi connectivity index (χ4v) is 3.61. The molecule has 0 aliphatic rings. The largest absolute Gasteiger partial charge is 0.365 e. The van der Waals surface area contributed by atoms with Gasteiger partial charge in [-0.3, -0.25) is 9.59 Å². The smallest absolute Gasteiger partial charge is 0.242 e. The summed E-state index contributed by atoms with van der Waals surface area (Å²) < 4.78 is 0. The predicted octanol–water partition coefficient (Wildman–Crippen LogP) is 4.73. The van der Waals surface area contributed by atoms with E-state index in [1.807, 2.05) is 65.4 Å². The van der Waals surface area contributed by atoms with Gasteiger partial charge in [-0.2, -0.15) is 0 Å². The van der Waals surface area contributed by atoms with Crippen LogP contribution in [0.25, 0.3) is 10.8 Å². The quantitative estimate of drug-likeness (QED) is 0.366. The molecule has 0 saturated carbocycles. The first kappa shape index (κ1) is 25.1. The van der Waals surface area contributed by atoms with Crippen LogP contribution in [0.4, 0.5) is 5.69 Å². The molecule has 2 aromatic rings. The van der Waals surface area contributed by atoms with Gasteiger partial charge in [-0.25, -0.2) is 0 Å². The van der Waals surface area contributed by atoms with Crippen molar-refractivity contribution in [3.05, 3.63) is 78.9 Å². The van der Waals surface area contributed by atoms with Gasteiger partial charge in [-0.1, -0.05) is 49.6 Å². The second-order valence-electron chi connectivity index (χ2n) is 7.97. The zero-order valence-electron chi connectivity index (χ0n) is 19.3. The van der Waals surface area contributed by atoms with Gasteiger partial charge in [0.25, 0.3) is 0 Å². The van der Waals surface area contributed by atoms with Crippen LogP contribution >= 0.6 is 0 Å². The summed E-state index contributed by atoms with van der Waals surface area (Å²) in [5.41, 5.74) is 8.47. The molecule has 0 spiro atoms. The van der Waals surface area contributed by atoms with E-state index in [0.29, 0.717) is 31.7 Å². The van der Waals surface area contributed by atoms with Crippen molar-refractivity contribution in [2.24, 2.45) is 5.73 Å². The number of anilines is 1. The average molecular weight is 434 g/mol. The lowest BCUT2D eigenvalue weighted by Gasteiger charge is -2.27. The minimum atomic E-state index is 0.0523. The van der Waals surface area contributed by atoms with Gasteiger partial charge in [0.05, 0.1) is 6.54 Å². The highest BCUT2D eigenvalue weighted by Crippen LogP contribution is 2.23. The van der Waals surface area contributed by atoms with Crippen LogP contribution in [0, 0.1) is 0 Å². The number of carbonyl (C=O) groups excluding carboxylic acids is 2. The Morgan fingerprint density at radius 2 is 1.72 bits per heavy atom. The summed E-state index contributed by atoms with van der Waals surface area (Å²) >= 11 is 0. The van der Waals surface area contributed by atoms with Crippen molar-refractivity contribution in [2.75, 3.05) is 38.1 Å². The van der Waals surface area contributed by atoms with Gasteiger partial charge in [0.1, 0.15) is 0 Å². The fourth-order valence-electron chi connectivity index (χ4n) is 3.61. The van der Waals surface area contributed by atoms with E-state index in [1.54, 1.807) is 13.0 Å². The fraction of sp³-hybridized carbons (Fsp3) is 0.333. The number of Topliss-reactive ketones (excluding diaryl/α,β-unsaturated/α-hetero) is 1. The van der Waals surface area contributed by atoms with Crippen LogP contribution in [0.15, 0.2) is 73.4 Å². The van der Waals surface area contributed by atoms with Crippen LogP contribution in [-0.2, 0) is 4.79 Å². The van der Waals surface area contributed by atoms with Gasteiger partial charge < -0.3 is 15.5 Å². The molecule has 32 heavy (non-hydrogen) atoms. The summed E-state index contributed by atoms with van der Waals surface area (Å²) in [4.78, 5) is 28.5. The molecule has 1 amide bonds. The van der Waals surface area contributed by atoms with Crippen molar-refractivity contribution >= 4 is 28.2 Å². The second kappa shape index (κ2) is 12.6. The summed E-state index contributed by atoms with van der Waals surface area (Å²) in [7, 11) is 1.92. The number of benzene rings is 2. The van der Waals surface area contributed by atoms with Crippen LogP contribution in [-0.4, -0.2) is 49.8 Å². The molecule has 0 fully saturated rings. The van der Waals surface area contributed by atoms with Crippen LogP contribution in [0.3, 0.4) is 0 Å². The van der Waals surface area contributed by atoms with Gasteiger partial charge in [-0.15, -0.1) is 0 Å². The Morgan fingerprint density at radius 1 is 1.03 bits per heavy atom. The topological polar surface area (TPSA) is 66.6 Å². The first-order chi connectivity index (χ1) is 15.4. The number of hydrogen-bond donors (Lipinski definition) is 1. The van der Waals surface area contributed by atoms with Gasteiger partial charge in [0.2, 0.25) is 5.91 Å². The van der Waals surface area contributed by atoms with Crippen LogP contribution in [0.5, 0.6) is 0 Å². The van der Waals surface area contributed by atoms with E-state index in [0.717, 1.165) is 41.3 Å². The standard InChI is InChI=1S/C27H35N3O2/c1-5-9-22(6-2)10-7-16-30(17-8-15-28)27(32)20-29(4)26-14-13-24-18-23(21(3)31)11-12-25(24)19-26/h5-6,9,11-14,18-19H,1-2,7-8,10,15-17,20,28H2,3-4H3/b22-9+. The van der Waals surface area contributed by atoms with E-state index in [9.17, 15) is 9.59 Å². The maximum absolute atomic E-state index is 13.0. The summed E-state index contributed by atoms with van der Waals surface area (Å²) in [6, 6.07) is 11.7. The number of nitrogens with zero attached hydrogens (tertiary/aromatic N) is 2. The second-order valence-corrected chi connectivity index (χ2v) is 7.97. The molecule has 2 aromatic carbocycles. The number of allylic oxidation sites excluding steroid dienone is 4. The molecule has 0 aliphatic carbocycles. The first-order valence-electron chi connectivity index (χ1n) is 11.1. The maximum Gasteiger partial charge on any atom is 0.242 e. The zero-order valence-corrected chi connectivity index (χ0v) is 19.3. The van der Waals surface area contributed by atoms with Crippen molar-refractivity contribution in [3.63, 3.8) is 0 Å². The Morgan fingerprint density at radius 3 is 2.38 bits per heavy atom. The molecule has 0 heterocycles. The summed E-state index contributed by atoms with van der Waals surface area (Å²) in [5.74, 6) is 0.136. The molecule has 0 radical (unpaired) electrons. The Hall–Kier alpha value is -3.18. The van der Waals surface area contributed by atoms with Gasteiger partial charge in [0, 0.05) is 31.4 Å². The number of nitrogens with two attached hydrogens (primary N) is 1. The Balaban J connectivity index is 2.06. The zero-order chi connectivity index (χ0) is 23.5. The van der Waals surface area contributed by atoms with Crippen molar-refractivity contribution in [1.29, 1.82) is 0 Å². The Bertz CT molecular complexity index is 994. The van der Waals surface area contributed by atoms with Crippen molar-refractivity contribution in [1.82, 2.24) is 4.90 Å². The molecule has 5 heteroatoms. The third-order valence-electron chi connectivity index (χ3n) is 5.52. The monoisotopic (exact) mass is 433 g/mol. The van der Waals surface area contributed by atoms with E-state index in [-0.39, 0.29) is 11.7 Å². The number of likely N-dealkylation sites (N-methyl/N-ethyl adjacent to an activating group) is 1. The van der Waals surface area contributed by atoms with E-state index < -0.39 is 0 Å². The lowest BCUT2D eigenvalue weighted by atomic mass is 10.0. The molecular weight excluding hydrogens is 398 g/mol. The van der Waals surface area contributed by atoms with E-state index in [1.165, 1.54) is 0 Å². The maximum atomic E-state index is 13.0. The van der Waals surface area contributed by atoms with Gasteiger partial charge >= 0.3 is 0 Å². The lowest BCUT2D eigenvalue weighted by Crippen LogP contribution is -2.40. The van der Waals surface area contributed by atoms with E-state index in [4.69, 9.17) is 5.73 Å². The van der Waals surface area contributed by atoms with E-state index >= 15 is 0 Å². The van der Waals surface area contributed by atoms with Crippen LogP contribution < -0.4 is 10.6 Å². The van der Waals surface area contributed by atoms with Crippen molar-refractivity contribution < 1.29 is 9.59 Å². The number of hydrogen-bond acceptors (Lipinski definition) is 4. The molecular formula is C27H35N3O2. The highest BCUT2D eigenvalue weighted by Gasteiger charge is 2.16. The van der Waals surface area contributed by atoms with Crippen molar-refractivity contribution in [2.45, 2.75) is 26.2 Å². The van der Waals surface area contributed by atoms with Gasteiger partial charge in [-0.05, 0) is 67.3 Å². The lowest BCUT2D eigenvalue weighted by molar-refractivity contribution is -0.129. The highest BCUT2D eigenvalue weighted by molar-refractivity contribution is 5.99. The third kappa shape index (κ3) is 7.20. The molecule has 0 bridgehead atoms. The van der Waals surface area contributed by atoms with Gasteiger partial charge in [0.15, 0.2) is 5.78 Å². The minimum absolute atomic E-state index is 0.0523. The van der Waals surface area contributed by atoms with E-state index in [2.05, 4.69) is 13.2 Å². The molecule has 2 rings (SSSR count). The summed E-state index contributed by atoms with van der Waals surface area (Å²) in [6.45, 7) is 11.3. The summed E-state index contributed by atoms with van der Waals surface area (Å²) in [6.07, 6.45) is 8.03. The highest BCUT2D eigenvalue weighted by atomic mass is 16.2. The van der Waals surface area contributed by atoms with Crippen LogP contribution in [0.2, 0.25) is 0 Å². The molecule has 0 atom stereocenters. The Kier molecular flexibility index (Phi) is 9.89. The molecule has 0 unspecified atom stereocenters. The summed E-state index contributed by atoms with van der Waals surface area (Å²) in [5, 5.41) is 2.05. The predicted molar refractivity (Wildman–Crippen MR) is 135 cm³/mol.